The van der Waals surface area contributed by atoms with Gasteiger partial charge in [0.1, 0.15) is 5.82 Å². The first-order valence-electron chi connectivity index (χ1n) is 9.51. The van der Waals surface area contributed by atoms with Crippen LogP contribution in [-0.4, -0.2) is 27.3 Å². The lowest BCUT2D eigenvalue weighted by atomic mass is 10.1. The fourth-order valence-corrected chi connectivity index (χ4v) is 4.51. The van der Waals surface area contributed by atoms with Gasteiger partial charge in [0.15, 0.2) is 5.82 Å². The summed E-state index contributed by atoms with van der Waals surface area (Å²) in [6.45, 7) is 2.01. The fourth-order valence-electron chi connectivity index (χ4n) is 3.36. The smallest absolute Gasteiger partial charge is 0.161 e. The number of aromatic nitrogens is 2. The van der Waals surface area contributed by atoms with Crippen LogP contribution in [-0.2, 0) is 16.6 Å². The molecule has 0 N–H and O–H groups in total. The standard InChI is InChI=1S/C22H22ClN3OS/c23-18-9-11-20(12-10-18)28(27)16-19-15-21(26-13-5-2-6-14-26)25-22(24-19)17-7-3-1-4-8-17/h1,3-4,7-12,15H,2,5-6,13-14,16H2. The molecule has 0 spiro atoms. The number of hydrogen-bond acceptors (Lipinski definition) is 4. The summed E-state index contributed by atoms with van der Waals surface area (Å²) in [5.74, 6) is 1.97. The quantitative estimate of drug-likeness (QED) is 0.586. The van der Waals surface area contributed by atoms with Crippen LogP contribution >= 0.6 is 11.6 Å². The number of rotatable bonds is 5. The average Bonchev–Trinajstić information content (AvgIpc) is 2.75. The molecule has 0 radical (unpaired) electrons. The highest BCUT2D eigenvalue weighted by Gasteiger charge is 2.17. The second-order valence-corrected chi connectivity index (χ2v) is 8.79. The molecule has 0 aliphatic carbocycles. The van der Waals surface area contributed by atoms with Crippen LogP contribution in [0.4, 0.5) is 5.82 Å². The lowest BCUT2D eigenvalue weighted by Gasteiger charge is -2.28. The summed E-state index contributed by atoms with van der Waals surface area (Å²) < 4.78 is 12.9. The molecule has 28 heavy (non-hydrogen) atoms. The van der Waals surface area contributed by atoms with Gasteiger partial charge in [0.2, 0.25) is 0 Å². The molecule has 1 atom stereocenters. The van der Waals surface area contributed by atoms with Gasteiger partial charge in [-0.1, -0.05) is 41.9 Å². The molecule has 1 aromatic heterocycles. The molecular weight excluding hydrogens is 390 g/mol. The normalized spacial score (nSPS) is 15.4. The highest BCUT2D eigenvalue weighted by molar-refractivity contribution is 7.84. The Labute approximate surface area is 173 Å². The van der Waals surface area contributed by atoms with Crippen LogP contribution in [0.25, 0.3) is 11.4 Å². The van der Waals surface area contributed by atoms with Crippen molar-refractivity contribution in [3.63, 3.8) is 0 Å². The molecule has 1 aliphatic rings. The predicted octanol–water partition coefficient (Wildman–Crippen LogP) is 5.10. The van der Waals surface area contributed by atoms with E-state index in [0.29, 0.717) is 16.6 Å². The number of nitrogens with zero attached hydrogens (tertiary/aromatic N) is 3. The predicted molar refractivity (Wildman–Crippen MR) is 115 cm³/mol. The molecular formula is C22H22ClN3OS. The lowest BCUT2D eigenvalue weighted by molar-refractivity contribution is 0.573. The lowest BCUT2D eigenvalue weighted by Crippen LogP contribution is -2.30. The number of halogens is 1. The van der Waals surface area contributed by atoms with E-state index in [1.165, 1.54) is 19.3 Å². The Balaban J connectivity index is 1.67. The Morgan fingerprint density at radius 2 is 1.64 bits per heavy atom. The first-order chi connectivity index (χ1) is 13.7. The minimum absolute atomic E-state index is 0.352. The molecule has 2 heterocycles. The molecule has 0 saturated carbocycles. The van der Waals surface area contributed by atoms with Crippen molar-refractivity contribution in [2.45, 2.75) is 29.9 Å². The Morgan fingerprint density at radius 1 is 0.929 bits per heavy atom. The summed E-state index contributed by atoms with van der Waals surface area (Å²) in [7, 11) is -1.19. The van der Waals surface area contributed by atoms with Crippen molar-refractivity contribution in [1.29, 1.82) is 0 Å². The van der Waals surface area contributed by atoms with Gasteiger partial charge in [0.05, 0.1) is 22.2 Å². The second kappa shape index (κ2) is 8.84. The summed E-state index contributed by atoms with van der Waals surface area (Å²) in [6, 6.07) is 19.1. The van der Waals surface area contributed by atoms with Crippen molar-refractivity contribution in [1.82, 2.24) is 9.97 Å². The van der Waals surface area contributed by atoms with Gasteiger partial charge in [-0.15, -0.1) is 0 Å². The van der Waals surface area contributed by atoms with Gasteiger partial charge < -0.3 is 4.90 Å². The van der Waals surface area contributed by atoms with Crippen molar-refractivity contribution in [3.05, 3.63) is 71.4 Å². The Morgan fingerprint density at radius 3 is 2.36 bits per heavy atom. The van der Waals surface area contributed by atoms with E-state index in [9.17, 15) is 4.21 Å². The van der Waals surface area contributed by atoms with E-state index < -0.39 is 10.8 Å². The largest absolute Gasteiger partial charge is 0.356 e. The third-order valence-electron chi connectivity index (χ3n) is 4.83. The number of hydrogen-bond donors (Lipinski definition) is 0. The minimum atomic E-state index is -1.19. The third-order valence-corrected chi connectivity index (χ3v) is 6.44. The van der Waals surface area contributed by atoms with E-state index in [-0.39, 0.29) is 0 Å². The van der Waals surface area contributed by atoms with E-state index in [4.69, 9.17) is 21.6 Å². The Bertz CT molecular complexity index is 957. The van der Waals surface area contributed by atoms with Gasteiger partial charge >= 0.3 is 0 Å². The molecule has 4 rings (SSSR count). The molecule has 3 aromatic rings. The highest BCUT2D eigenvalue weighted by atomic mass is 35.5. The summed E-state index contributed by atoms with van der Waals surface area (Å²) in [5.41, 5.74) is 1.77. The van der Waals surface area contributed by atoms with Crippen molar-refractivity contribution >= 4 is 28.2 Å². The summed E-state index contributed by atoms with van der Waals surface area (Å²) in [6.07, 6.45) is 3.62. The topological polar surface area (TPSA) is 46.1 Å². The van der Waals surface area contributed by atoms with Crippen LogP contribution in [0, 0.1) is 0 Å². The van der Waals surface area contributed by atoms with E-state index >= 15 is 0 Å². The van der Waals surface area contributed by atoms with Crippen LogP contribution in [0.1, 0.15) is 25.0 Å². The first kappa shape index (κ1) is 19.1. The van der Waals surface area contributed by atoms with E-state index in [0.717, 1.165) is 35.1 Å². The zero-order valence-corrected chi connectivity index (χ0v) is 17.1. The number of benzene rings is 2. The zero-order chi connectivity index (χ0) is 19.3. The van der Waals surface area contributed by atoms with Crippen molar-refractivity contribution < 1.29 is 4.21 Å². The van der Waals surface area contributed by atoms with E-state index in [2.05, 4.69) is 4.90 Å². The van der Waals surface area contributed by atoms with Gasteiger partial charge in [-0.3, -0.25) is 4.21 Å². The maximum absolute atomic E-state index is 12.9. The summed E-state index contributed by atoms with van der Waals surface area (Å²) in [5, 5.41) is 0.640. The highest BCUT2D eigenvalue weighted by Crippen LogP contribution is 2.24. The van der Waals surface area contributed by atoms with Crippen LogP contribution in [0.3, 0.4) is 0 Å². The van der Waals surface area contributed by atoms with Crippen LogP contribution in [0.5, 0.6) is 0 Å². The third kappa shape index (κ3) is 4.59. The van der Waals surface area contributed by atoms with Crippen LogP contribution in [0.2, 0.25) is 5.02 Å². The van der Waals surface area contributed by atoms with Gasteiger partial charge in [-0.2, -0.15) is 0 Å². The SMILES string of the molecule is O=S(Cc1cc(N2CCCCC2)nc(-c2ccccc2)n1)c1ccc(Cl)cc1. The summed E-state index contributed by atoms with van der Waals surface area (Å²) in [4.78, 5) is 12.6. The first-order valence-corrected chi connectivity index (χ1v) is 11.2. The minimum Gasteiger partial charge on any atom is -0.356 e. The molecule has 144 valence electrons. The zero-order valence-electron chi connectivity index (χ0n) is 15.6. The van der Waals surface area contributed by atoms with Gasteiger partial charge in [-0.05, 0) is 43.5 Å². The molecule has 1 fully saturated rings. The molecule has 6 heteroatoms. The fraction of sp³-hybridized carbons (Fsp3) is 0.273. The molecule has 0 bridgehead atoms. The van der Waals surface area contributed by atoms with Gasteiger partial charge in [0.25, 0.3) is 0 Å². The molecule has 1 unspecified atom stereocenters. The molecule has 0 amide bonds. The maximum Gasteiger partial charge on any atom is 0.161 e. The Hall–Kier alpha value is -2.24. The van der Waals surface area contributed by atoms with Crippen molar-refractivity contribution in [3.8, 4) is 11.4 Å². The Kier molecular flexibility index (Phi) is 6.03. The van der Waals surface area contributed by atoms with E-state index in [1.807, 2.05) is 48.5 Å². The second-order valence-electron chi connectivity index (χ2n) is 6.90. The van der Waals surface area contributed by atoms with Crippen LogP contribution < -0.4 is 4.90 Å². The van der Waals surface area contributed by atoms with E-state index in [1.54, 1.807) is 12.1 Å². The summed E-state index contributed by atoms with van der Waals surface area (Å²) >= 11 is 5.95. The van der Waals surface area contributed by atoms with Crippen molar-refractivity contribution in [2.24, 2.45) is 0 Å². The molecule has 1 saturated heterocycles. The maximum atomic E-state index is 12.9. The van der Waals surface area contributed by atoms with Gasteiger partial charge in [-0.25, -0.2) is 9.97 Å². The molecule has 4 nitrogen and oxygen atoms in total. The average molecular weight is 412 g/mol. The number of piperidine rings is 1. The number of anilines is 1. The van der Waals surface area contributed by atoms with Crippen molar-refractivity contribution in [2.75, 3.05) is 18.0 Å². The monoisotopic (exact) mass is 411 g/mol. The van der Waals surface area contributed by atoms with Gasteiger partial charge in [0, 0.05) is 34.6 Å². The molecule has 1 aliphatic heterocycles. The molecule has 2 aromatic carbocycles. The van der Waals surface area contributed by atoms with Crippen LogP contribution in [0.15, 0.2) is 65.6 Å².